The summed E-state index contributed by atoms with van der Waals surface area (Å²) in [6.45, 7) is 0.948. The number of thioether (sulfide) groups is 1. The Hall–Kier alpha value is -2.94. The summed E-state index contributed by atoms with van der Waals surface area (Å²) in [7, 11) is 2.97. The number of ketones is 1. The van der Waals surface area contributed by atoms with Gasteiger partial charge in [-0.2, -0.15) is 0 Å². The smallest absolute Gasteiger partial charge is 0.330 e. The molecule has 29 heavy (non-hydrogen) atoms. The van der Waals surface area contributed by atoms with Crippen molar-refractivity contribution in [2.24, 2.45) is 0 Å². The zero-order valence-electron chi connectivity index (χ0n) is 16.2. The van der Waals surface area contributed by atoms with Gasteiger partial charge in [0.1, 0.15) is 17.2 Å². The van der Waals surface area contributed by atoms with E-state index >= 15 is 0 Å². The van der Waals surface area contributed by atoms with Gasteiger partial charge in [-0.15, -0.1) is 11.8 Å². The zero-order valence-corrected chi connectivity index (χ0v) is 17.1. The third-order valence-corrected chi connectivity index (χ3v) is 5.76. The van der Waals surface area contributed by atoms with Gasteiger partial charge in [0.05, 0.1) is 20.5 Å². The molecule has 1 amide bonds. The third-order valence-electron chi connectivity index (χ3n) is 4.47. The van der Waals surface area contributed by atoms with Gasteiger partial charge >= 0.3 is 5.97 Å². The van der Waals surface area contributed by atoms with Gasteiger partial charge in [-0.25, -0.2) is 4.79 Å². The van der Waals surface area contributed by atoms with Crippen LogP contribution in [0.4, 0.5) is 0 Å². The first-order valence-electron chi connectivity index (χ1n) is 8.82. The molecule has 3 rings (SSSR count). The van der Waals surface area contributed by atoms with E-state index in [0.29, 0.717) is 28.6 Å². The maximum atomic E-state index is 12.6. The Bertz CT molecular complexity index is 896. The number of amides is 1. The molecule has 1 aliphatic rings. The molecule has 2 heterocycles. The normalized spacial score (nSPS) is 18.4. The summed E-state index contributed by atoms with van der Waals surface area (Å²) in [5.74, 6) is 0.545. The van der Waals surface area contributed by atoms with Crippen LogP contribution in [0.1, 0.15) is 28.4 Å². The highest BCUT2D eigenvalue weighted by molar-refractivity contribution is 7.99. The van der Waals surface area contributed by atoms with Gasteiger partial charge in [-0.3, -0.25) is 9.59 Å². The molecule has 0 spiro atoms. The molecule has 1 aliphatic heterocycles. The number of nitrogens with zero attached hydrogens (tertiary/aromatic N) is 1. The van der Waals surface area contributed by atoms with Crippen molar-refractivity contribution >= 4 is 29.4 Å². The number of ether oxygens (including phenoxy) is 3. The van der Waals surface area contributed by atoms with E-state index < -0.39 is 24.0 Å². The highest BCUT2D eigenvalue weighted by Crippen LogP contribution is 2.41. The van der Waals surface area contributed by atoms with Gasteiger partial charge in [-0.05, 0) is 30.3 Å². The van der Waals surface area contributed by atoms with E-state index in [1.54, 1.807) is 24.3 Å². The minimum atomic E-state index is -0.786. The Kier molecular flexibility index (Phi) is 6.48. The molecule has 9 heteroatoms. The topological polar surface area (TPSA) is 95.3 Å². The minimum Gasteiger partial charge on any atom is -0.493 e. The average Bonchev–Trinajstić information content (AvgIpc) is 3.40. The molecule has 1 aromatic carbocycles. The van der Waals surface area contributed by atoms with Crippen molar-refractivity contribution in [3.8, 4) is 11.5 Å². The number of methoxy groups -OCH3 is 2. The van der Waals surface area contributed by atoms with Crippen molar-refractivity contribution in [3.63, 3.8) is 0 Å². The van der Waals surface area contributed by atoms with Crippen molar-refractivity contribution in [1.82, 2.24) is 4.90 Å². The quantitative estimate of drug-likeness (QED) is 0.499. The van der Waals surface area contributed by atoms with Crippen LogP contribution in [0.3, 0.4) is 0 Å². The molecular weight excluding hydrogens is 398 g/mol. The highest BCUT2D eigenvalue weighted by atomic mass is 32.2. The summed E-state index contributed by atoms with van der Waals surface area (Å²) in [5, 5.41) is -0.401. The molecule has 0 N–H and O–H groups in total. The van der Waals surface area contributed by atoms with Gasteiger partial charge in [0.15, 0.2) is 23.9 Å². The predicted molar refractivity (Wildman–Crippen MR) is 105 cm³/mol. The molecule has 1 fully saturated rings. The lowest BCUT2D eigenvalue weighted by molar-refractivity contribution is -0.152. The van der Waals surface area contributed by atoms with Crippen LogP contribution in [0.5, 0.6) is 11.5 Å². The lowest BCUT2D eigenvalue weighted by Gasteiger charge is -2.25. The summed E-state index contributed by atoms with van der Waals surface area (Å²) >= 11 is 1.41. The van der Waals surface area contributed by atoms with Crippen molar-refractivity contribution in [2.75, 3.05) is 26.6 Å². The summed E-state index contributed by atoms with van der Waals surface area (Å²) in [6.07, 6.45) is 1.52. The number of carbonyl (C=O) groups is 3. The number of Topliss-reactive ketones (excluding diaryl/α,β-unsaturated/α-hetero) is 1. The molecular formula is C20H21NO7S. The Morgan fingerprint density at radius 1 is 1.17 bits per heavy atom. The SMILES string of the molecule is COc1ccc(C(=O)COC(=O)[C@@H]2CS[C@@H](c3ccco3)N2C(C)=O)cc1OC. The Labute approximate surface area is 172 Å². The molecule has 8 nitrogen and oxygen atoms in total. The molecule has 0 unspecified atom stereocenters. The molecule has 0 aliphatic carbocycles. The molecule has 154 valence electrons. The highest BCUT2D eigenvalue weighted by Gasteiger charge is 2.43. The van der Waals surface area contributed by atoms with Crippen molar-refractivity contribution in [1.29, 1.82) is 0 Å². The van der Waals surface area contributed by atoms with Crippen LogP contribution in [0.15, 0.2) is 41.0 Å². The fourth-order valence-corrected chi connectivity index (χ4v) is 4.47. The van der Waals surface area contributed by atoms with E-state index in [0.717, 1.165) is 0 Å². The van der Waals surface area contributed by atoms with E-state index in [2.05, 4.69) is 0 Å². The summed E-state index contributed by atoms with van der Waals surface area (Å²) in [5.41, 5.74) is 0.327. The van der Waals surface area contributed by atoms with Crippen LogP contribution < -0.4 is 9.47 Å². The summed E-state index contributed by atoms with van der Waals surface area (Å²) in [6, 6.07) is 7.38. The molecule has 2 atom stereocenters. The molecule has 0 bridgehead atoms. The Morgan fingerprint density at radius 3 is 2.55 bits per heavy atom. The van der Waals surface area contributed by atoms with Crippen LogP contribution in [0.25, 0.3) is 0 Å². The maximum Gasteiger partial charge on any atom is 0.330 e. The van der Waals surface area contributed by atoms with E-state index in [4.69, 9.17) is 18.6 Å². The number of rotatable bonds is 7. The van der Waals surface area contributed by atoms with Gasteiger partial charge in [0, 0.05) is 18.2 Å². The summed E-state index contributed by atoms with van der Waals surface area (Å²) in [4.78, 5) is 38.6. The Morgan fingerprint density at radius 2 is 1.93 bits per heavy atom. The number of carbonyl (C=O) groups excluding carboxylic acids is 3. The first-order chi connectivity index (χ1) is 14.0. The third kappa shape index (κ3) is 4.40. The van der Waals surface area contributed by atoms with Gasteiger partial charge in [0.25, 0.3) is 0 Å². The molecule has 1 aromatic heterocycles. The molecule has 1 saturated heterocycles. The zero-order chi connectivity index (χ0) is 21.0. The fourth-order valence-electron chi connectivity index (χ4n) is 3.05. The summed E-state index contributed by atoms with van der Waals surface area (Å²) < 4.78 is 20.9. The largest absolute Gasteiger partial charge is 0.493 e. The number of hydrogen-bond donors (Lipinski definition) is 0. The maximum absolute atomic E-state index is 12.6. The van der Waals surface area contributed by atoms with Crippen LogP contribution >= 0.6 is 11.8 Å². The van der Waals surface area contributed by atoms with Gasteiger partial charge < -0.3 is 23.5 Å². The molecule has 0 radical (unpaired) electrons. The van der Waals surface area contributed by atoms with Crippen LogP contribution in [0.2, 0.25) is 0 Å². The minimum absolute atomic E-state index is 0.274. The number of hydrogen-bond acceptors (Lipinski definition) is 8. The standard InChI is InChI=1S/C20H21NO7S/c1-12(22)21-14(11-29-19(21)17-5-4-8-27-17)20(24)28-10-15(23)13-6-7-16(25-2)18(9-13)26-3/h4-9,14,19H,10-11H2,1-3H3/t14-,19-/m0/s1. The lowest BCUT2D eigenvalue weighted by Crippen LogP contribution is -2.43. The predicted octanol–water partition coefficient (Wildman–Crippen LogP) is 2.69. The second-order valence-corrected chi connectivity index (χ2v) is 7.36. The van der Waals surface area contributed by atoms with Crippen LogP contribution in [-0.2, 0) is 14.3 Å². The fraction of sp³-hybridized carbons (Fsp3) is 0.350. The van der Waals surface area contributed by atoms with E-state index in [1.165, 1.54) is 50.1 Å². The monoisotopic (exact) mass is 419 g/mol. The number of esters is 1. The van der Waals surface area contributed by atoms with Crippen molar-refractivity contribution in [3.05, 3.63) is 47.9 Å². The molecule has 0 saturated carbocycles. The van der Waals surface area contributed by atoms with E-state index in [9.17, 15) is 14.4 Å². The first kappa shape index (κ1) is 20.8. The van der Waals surface area contributed by atoms with E-state index in [1.807, 2.05) is 0 Å². The van der Waals surface area contributed by atoms with Crippen molar-refractivity contribution < 1.29 is 33.0 Å². The van der Waals surface area contributed by atoms with Gasteiger partial charge in [0.2, 0.25) is 5.91 Å². The average molecular weight is 419 g/mol. The van der Waals surface area contributed by atoms with Crippen LogP contribution in [-0.4, -0.2) is 55.2 Å². The van der Waals surface area contributed by atoms with Crippen LogP contribution in [0, 0.1) is 0 Å². The second kappa shape index (κ2) is 9.04. The Balaban J connectivity index is 1.65. The van der Waals surface area contributed by atoms with Gasteiger partial charge in [-0.1, -0.05) is 0 Å². The van der Waals surface area contributed by atoms with E-state index in [-0.39, 0.29) is 11.7 Å². The lowest BCUT2D eigenvalue weighted by atomic mass is 10.1. The number of furan rings is 1. The molecule has 2 aromatic rings. The number of benzene rings is 1. The van der Waals surface area contributed by atoms with Crippen molar-refractivity contribution in [2.45, 2.75) is 18.3 Å². The second-order valence-electron chi connectivity index (χ2n) is 6.24. The first-order valence-corrected chi connectivity index (χ1v) is 9.87.